The molecule has 19 heavy (non-hydrogen) atoms. The minimum absolute atomic E-state index is 0.404. The van der Waals surface area contributed by atoms with Crippen LogP contribution >= 0.6 is 0 Å². The Bertz CT molecular complexity index is 334. The van der Waals surface area contributed by atoms with Gasteiger partial charge in [0.25, 0.3) is 0 Å². The van der Waals surface area contributed by atoms with E-state index in [1.807, 2.05) is 12.1 Å². The van der Waals surface area contributed by atoms with Crippen LogP contribution in [0.1, 0.15) is 58.1 Å². The summed E-state index contributed by atoms with van der Waals surface area (Å²) in [5.74, 6) is 1.73. The molecule has 0 amide bonds. The predicted octanol–water partition coefficient (Wildman–Crippen LogP) is 4.56. The molecule has 0 bridgehead atoms. The van der Waals surface area contributed by atoms with Crippen LogP contribution in [0.25, 0.3) is 0 Å². The average molecular weight is 263 g/mol. The van der Waals surface area contributed by atoms with Crippen LogP contribution < -0.4 is 10.1 Å². The zero-order valence-corrected chi connectivity index (χ0v) is 12.9. The highest BCUT2D eigenvalue weighted by molar-refractivity contribution is 5.28. The topological polar surface area (TPSA) is 21.3 Å². The van der Waals surface area contributed by atoms with Crippen molar-refractivity contribution in [3.8, 4) is 5.75 Å². The molecular formula is C17H29NO. The molecule has 0 aliphatic rings. The minimum atomic E-state index is 0.404. The molecule has 0 spiro atoms. The summed E-state index contributed by atoms with van der Waals surface area (Å²) in [6.07, 6.45) is 5.25. The number of methoxy groups -OCH3 is 1. The maximum atomic E-state index is 5.19. The van der Waals surface area contributed by atoms with Gasteiger partial charge in [-0.05, 0) is 43.5 Å². The van der Waals surface area contributed by atoms with Gasteiger partial charge in [0.05, 0.1) is 7.11 Å². The molecule has 0 fully saturated rings. The van der Waals surface area contributed by atoms with E-state index in [9.17, 15) is 0 Å². The summed E-state index contributed by atoms with van der Waals surface area (Å²) in [4.78, 5) is 0. The summed E-state index contributed by atoms with van der Waals surface area (Å²) in [7, 11) is 1.70. The molecule has 0 aromatic heterocycles. The molecule has 0 radical (unpaired) electrons. The van der Waals surface area contributed by atoms with E-state index in [4.69, 9.17) is 4.74 Å². The maximum Gasteiger partial charge on any atom is 0.118 e. The highest BCUT2D eigenvalue weighted by atomic mass is 16.5. The summed E-state index contributed by atoms with van der Waals surface area (Å²) in [5, 5.41) is 3.66. The predicted molar refractivity (Wildman–Crippen MR) is 82.7 cm³/mol. The van der Waals surface area contributed by atoms with Crippen LogP contribution in [0.5, 0.6) is 5.75 Å². The molecule has 1 aromatic carbocycles. The molecule has 1 rings (SSSR count). The SMILES string of the molecule is CCCCC(CC)CN[C@@H](C)c1ccc(OC)cc1. The summed E-state index contributed by atoms with van der Waals surface area (Å²) in [5.41, 5.74) is 1.33. The smallest absolute Gasteiger partial charge is 0.118 e. The van der Waals surface area contributed by atoms with Gasteiger partial charge in [-0.3, -0.25) is 0 Å². The van der Waals surface area contributed by atoms with Gasteiger partial charge in [0.15, 0.2) is 0 Å². The van der Waals surface area contributed by atoms with Gasteiger partial charge in [0.1, 0.15) is 5.75 Å². The average Bonchev–Trinajstić information content (AvgIpc) is 2.47. The van der Waals surface area contributed by atoms with Crippen molar-refractivity contribution in [2.75, 3.05) is 13.7 Å². The Balaban J connectivity index is 2.42. The van der Waals surface area contributed by atoms with Crippen molar-refractivity contribution in [3.05, 3.63) is 29.8 Å². The Morgan fingerprint density at radius 2 is 1.84 bits per heavy atom. The van der Waals surface area contributed by atoms with E-state index < -0.39 is 0 Å². The van der Waals surface area contributed by atoms with E-state index in [1.54, 1.807) is 7.11 Å². The molecule has 0 heterocycles. The van der Waals surface area contributed by atoms with Gasteiger partial charge in [0, 0.05) is 6.04 Å². The van der Waals surface area contributed by atoms with Crippen LogP contribution in [0.4, 0.5) is 0 Å². The molecule has 1 N–H and O–H groups in total. The van der Waals surface area contributed by atoms with Crippen molar-refractivity contribution < 1.29 is 4.74 Å². The summed E-state index contributed by atoms with van der Waals surface area (Å²) < 4.78 is 5.19. The molecule has 1 unspecified atom stereocenters. The van der Waals surface area contributed by atoms with Gasteiger partial charge in [-0.2, -0.15) is 0 Å². The lowest BCUT2D eigenvalue weighted by Gasteiger charge is -2.20. The van der Waals surface area contributed by atoms with Crippen LogP contribution in [0, 0.1) is 5.92 Å². The lowest BCUT2D eigenvalue weighted by atomic mass is 9.98. The Hall–Kier alpha value is -1.02. The highest BCUT2D eigenvalue weighted by Crippen LogP contribution is 2.18. The maximum absolute atomic E-state index is 5.19. The van der Waals surface area contributed by atoms with Gasteiger partial charge in [-0.1, -0.05) is 45.2 Å². The van der Waals surface area contributed by atoms with Crippen molar-refractivity contribution in [1.29, 1.82) is 0 Å². The molecule has 1 aromatic rings. The third kappa shape index (κ3) is 5.65. The number of hydrogen-bond acceptors (Lipinski definition) is 2. The first-order valence-electron chi connectivity index (χ1n) is 7.58. The Labute approximate surface area is 118 Å². The standard InChI is InChI=1S/C17H29NO/c1-5-7-8-15(6-2)13-18-14(3)16-9-11-17(19-4)12-10-16/h9-12,14-15,18H,5-8,13H2,1-4H3/t14-,15?/m0/s1. The third-order valence-corrected chi connectivity index (χ3v) is 3.87. The Morgan fingerprint density at radius 3 is 2.37 bits per heavy atom. The second kappa shape index (κ2) is 8.98. The van der Waals surface area contributed by atoms with Crippen LogP contribution in [0.3, 0.4) is 0 Å². The highest BCUT2D eigenvalue weighted by Gasteiger charge is 2.09. The molecule has 0 saturated heterocycles. The molecule has 0 saturated carbocycles. The first-order chi connectivity index (χ1) is 9.21. The molecular weight excluding hydrogens is 234 g/mol. The minimum Gasteiger partial charge on any atom is -0.497 e. The van der Waals surface area contributed by atoms with Crippen LogP contribution in [-0.2, 0) is 0 Å². The molecule has 2 nitrogen and oxygen atoms in total. The zero-order valence-electron chi connectivity index (χ0n) is 12.9. The van der Waals surface area contributed by atoms with E-state index in [-0.39, 0.29) is 0 Å². The second-order valence-corrected chi connectivity index (χ2v) is 5.32. The first-order valence-corrected chi connectivity index (χ1v) is 7.58. The number of ether oxygens (including phenoxy) is 1. The first kappa shape index (κ1) is 16.0. The fourth-order valence-electron chi connectivity index (χ4n) is 2.30. The number of rotatable bonds is 9. The molecule has 2 atom stereocenters. The fraction of sp³-hybridized carbons (Fsp3) is 0.647. The lowest BCUT2D eigenvalue weighted by Crippen LogP contribution is -2.25. The lowest BCUT2D eigenvalue weighted by molar-refractivity contribution is 0.397. The van der Waals surface area contributed by atoms with Gasteiger partial charge in [-0.15, -0.1) is 0 Å². The summed E-state index contributed by atoms with van der Waals surface area (Å²) in [6.45, 7) is 7.90. The van der Waals surface area contributed by atoms with Crippen LogP contribution in [-0.4, -0.2) is 13.7 Å². The fourth-order valence-corrected chi connectivity index (χ4v) is 2.30. The Morgan fingerprint density at radius 1 is 1.16 bits per heavy atom. The molecule has 0 aliphatic carbocycles. The van der Waals surface area contributed by atoms with Gasteiger partial charge in [0.2, 0.25) is 0 Å². The summed E-state index contributed by atoms with van der Waals surface area (Å²) in [6, 6.07) is 8.75. The second-order valence-electron chi connectivity index (χ2n) is 5.32. The summed E-state index contributed by atoms with van der Waals surface area (Å²) >= 11 is 0. The molecule has 108 valence electrons. The number of benzene rings is 1. The van der Waals surface area contributed by atoms with E-state index in [0.29, 0.717) is 6.04 Å². The van der Waals surface area contributed by atoms with Gasteiger partial charge in [-0.25, -0.2) is 0 Å². The van der Waals surface area contributed by atoms with Crippen molar-refractivity contribution in [1.82, 2.24) is 5.32 Å². The van der Waals surface area contributed by atoms with E-state index in [1.165, 1.54) is 31.2 Å². The number of nitrogens with one attached hydrogen (secondary N) is 1. The van der Waals surface area contributed by atoms with E-state index in [0.717, 1.165) is 18.2 Å². The Kier molecular flexibility index (Phi) is 7.57. The third-order valence-electron chi connectivity index (χ3n) is 3.87. The van der Waals surface area contributed by atoms with Crippen LogP contribution in [0.2, 0.25) is 0 Å². The van der Waals surface area contributed by atoms with Crippen molar-refractivity contribution in [2.24, 2.45) is 5.92 Å². The number of unbranched alkanes of at least 4 members (excludes halogenated alkanes) is 1. The van der Waals surface area contributed by atoms with Crippen molar-refractivity contribution >= 4 is 0 Å². The van der Waals surface area contributed by atoms with Gasteiger partial charge >= 0.3 is 0 Å². The van der Waals surface area contributed by atoms with Gasteiger partial charge < -0.3 is 10.1 Å². The van der Waals surface area contributed by atoms with E-state index >= 15 is 0 Å². The van der Waals surface area contributed by atoms with Crippen LogP contribution in [0.15, 0.2) is 24.3 Å². The quantitative estimate of drug-likeness (QED) is 0.705. The van der Waals surface area contributed by atoms with Crippen molar-refractivity contribution in [2.45, 2.75) is 52.5 Å². The monoisotopic (exact) mass is 263 g/mol. The normalized spacial score (nSPS) is 14.1. The molecule has 0 aliphatic heterocycles. The molecule has 2 heteroatoms. The zero-order chi connectivity index (χ0) is 14.1. The van der Waals surface area contributed by atoms with E-state index in [2.05, 4.69) is 38.2 Å². The van der Waals surface area contributed by atoms with Crippen molar-refractivity contribution in [3.63, 3.8) is 0 Å². The number of hydrogen-bond donors (Lipinski definition) is 1. The largest absolute Gasteiger partial charge is 0.497 e.